The number of carbonyl (C=O) groups excluding carboxylic acids is 2. The van der Waals surface area contributed by atoms with Crippen LogP contribution in [-0.2, 0) is 16.0 Å². The molecule has 14 heteroatoms. The molecular weight excluding hydrogens is 631 g/mol. The Labute approximate surface area is 267 Å². The van der Waals surface area contributed by atoms with Crippen LogP contribution in [0, 0.1) is 34.8 Å². The predicted octanol–water partition coefficient (Wildman–Crippen LogP) is 5.72. The number of rotatable bonds is 6. The Morgan fingerprint density at radius 2 is 1.74 bits per heavy atom. The van der Waals surface area contributed by atoms with Crippen LogP contribution in [0.25, 0.3) is 0 Å². The second-order valence-electron chi connectivity index (χ2n) is 11.5. The molecule has 2 aliphatic heterocycles. The molecule has 0 saturated carbocycles. The molecule has 46 heavy (non-hydrogen) atoms. The zero-order valence-electron chi connectivity index (χ0n) is 24.6. The van der Waals surface area contributed by atoms with E-state index in [-0.39, 0.29) is 49.8 Å². The van der Waals surface area contributed by atoms with Gasteiger partial charge in [-0.05, 0) is 66.6 Å². The highest BCUT2D eigenvalue weighted by atomic mass is 35.5. The van der Waals surface area contributed by atoms with Gasteiger partial charge < -0.3 is 14.7 Å². The summed E-state index contributed by atoms with van der Waals surface area (Å²) in [5.41, 5.74) is 0.998. The van der Waals surface area contributed by atoms with Crippen LogP contribution in [0.3, 0.4) is 0 Å². The van der Waals surface area contributed by atoms with Crippen molar-refractivity contribution in [2.45, 2.75) is 37.9 Å². The fourth-order valence-corrected chi connectivity index (χ4v) is 6.38. The minimum absolute atomic E-state index is 0.00266. The molecule has 8 nitrogen and oxygen atoms in total. The summed E-state index contributed by atoms with van der Waals surface area (Å²) in [6.07, 6.45) is -5.49. The molecule has 1 unspecified atom stereocenters. The Balaban J connectivity index is 1.39. The third-order valence-corrected chi connectivity index (χ3v) is 8.73. The van der Waals surface area contributed by atoms with Crippen molar-refractivity contribution in [3.05, 3.63) is 88.1 Å². The van der Waals surface area contributed by atoms with E-state index in [1.54, 1.807) is 35.2 Å². The van der Waals surface area contributed by atoms with Crippen molar-refractivity contribution in [2.75, 3.05) is 37.6 Å². The van der Waals surface area contributed by atoms with E-state index in [1.165, 1.54) is 17.0 Å². The van der Waals surface area contributed by atoms with Gasteiger partial charge in [-0.15, -0.1) is 10.2 Å². The molecule has 3 atom stereocenters. The second kappa shape index (κ2) is 14.0. The van der Waals surface area contributed by atoms with E-state index in [9.17, 15) is 31.5 Å². The monoisotopic (exact) mass is 660 g/mol. The highest BCUT2D eigenvalue weighted by Crippen LogP contribution is 2.35. The largest absolute Gasteiger partial charge is 0.397 e. The number of nitrogens with zero attached hydrogens (tertiary/aromatic N) is 6. The summed E-state index contributed by atoms with van der Waals surface area (Å²) in [6, 6.07) is 14.2. The number of aromatic nitrogens is 2. The van der Waals surface area contributed by atoms with Crippen LogP contribution in [0.1, 0.15) is 42.1 Å². The van der Waals surface area contributed by atoms with Gasteiger partial charge in [-0.25, -0.2) is 8.78 Å². The fourth-order valence-electron chi connectivity index (χ4n) is 6.25. The molecule has 2 aromatic carbocycles. The van der Waals surface area contributed by atoms with E-state index >= 15 is 0 Å². The summed E-state index contributed by atoms with van der Waals surface area (Å²) in [7, 11) is 0. The number of carbonyl (C=O) groups is 2. The minimum atomic E-state index is -4.70. The van der Waals surface area contributed by atoms with E-state index in [0.717, 1.165) is 12.1 Å². The maximum atomic E-state index is 14.7. The molecule has 242 valence electrons. The number of nitriles is 1. The summed E-state index contributed by atoms with van der Waals surface area (Å²) in [6.45, 7) is 0.652. The number of amides is 2. The van der Waals surface area contributed by atoms with Crippen LogP contribution in [0.5, 0.6) is 0 Å². The summed E-state index contributed by atoms with van der Waals surface area (Å²) < 4.78 is 68.3. The maximum Gasteiger partial charge on any atom is 0.397 e. The Morgan fingerprint density at radius 3 is 2.39 bits per heavy atom. The quantitative estimate of drug-likeness (QED) is 0.314. The van der Waals surface area contributed by atoms with Gasteiger partial charge in [0, 0.05) is 43.8 Å². The van der Waals surface area contributed by atoms with Crippen molar-refractivity contribution in [3.8, 4) is 6.07 Å². The fraction of sp³-hybridized carbons (Fsp3) is 0.406. The molecule has 0 bridgehead atoms. The number of halogens is 6. The normalized spacial score (nSPS) is 20.6. The molecule has 3 aromatic rings. The van der Waals surface area contributed by atoms with Crippen LogP contribution in [0.2, 0.25) is 5.02 Å². The number of alkyl halides is 3. The molecular formula is C32H30ClF5N6O2. The van der Waals surface area contributed by atoms with E-state index in [1.807, 2.05) is 11.0 Å². The topological polar surface area (TPSA) is 93.4 Å². The molecule has 0 radical (unpaired) electrons. The van der Waals surface area contributed by atoms with Crippen molar-refractivity contribution >= 4 is 29.2 Å². The number of benzene rings is 2. The summed E-state index contributed by atoms with van der Waals surface area (Å²) in [4.78, 5) is 31.7. The molecule has 2 saturated heterocycles. The van der Waals surface area contributed by atoms with Gasteiger partial charge in [0.1, 0.15) is 24.1 Å². The number of hydrogen-bond acceptors (Lipinski definition) is 6. The van der Waals surface area contributed by atoms with Gasteiger partial charge in [0.2, 0.25) is 11.8 Å². The average Bonchev–Trinajstić information content (AvgIpc) is 3.42. The van der Waals surface area contributed by atoms with Gasteiger partial charge in [0.15, 0.2) is 11.5 Å². The third-order valence-electron chi connectivity index (χ3n) is 8.48. The summed E-state index contributed by atoms with van der Waals surface area (Å²) >= 11 is 6.02. The first-order valence-electron chi connectivity index (χ1n) is 14.7. The van der Waals surface area contributed by atoms with Crippen molar-refractivity contribution in [3.63, 3.8) is 0 Å². The third kappa shape index (κ3) is 7.91. The van der Waals surface area contributed by atoms with Gasteiger partial charge in [0.25, 0.3) is 0 Å². The van der Waals surface area contributed by atoms with E-state index in [4.69, 9.17) is 16.9 Å². The lowest BCUT2D eigenvalue weighted by Crippen LogP contribution is -2.48. The zero-order valence-corrected chi connectivity index (χ0v) is 25.3. The van der Waals surface area contributed by atoms with E-state index in [0.29, 0.717) is 35.8 Å². The second-order valence-corrected chi connectivity index (χ2v) is 12.0. The molecule has 2 fully saturated rings. The standard InChI is InChI=1S/C32H30ClF5N6O2/c33-23-6-3-20(4-7-23)28-2-1-11-42(12-13-44(28)30(45)16-32(36,37)38)31(46)26-19-43(29-10-9-25(17-39)40-41-29)18-22(26)14-21-5-8-24(34)15-27(21)35/h3-10,15,22,26,28H,1-2,11-14,16,18-19H2/t22?,26-,28+/m1/s1. The lowest BCUT2D eigenvalue weighted by atomic mass is 9.88. The molecule has 5 rings (SSSR count). The first-order chi connectivity index (χ1) is 21.9. The average molecular weight is 661 g/mol. The van der Waals surface area contributed by atoms with E-state index in [2.05, 4.69) is 10.2 Å². The lowest BCUT2D eigenvalue weighted by molar-refractivity contribution is -0.164. The minimum Gasteiger partial charge on any atom is -0.354 e. The smallest absolute Gasteiger partial charge is 0.354 e. The molecule has 0 N–H and O–H groups in total. The maximum absolute atomic E-state index is 14.7. The van der Waals surface area contributed by atoms with Gasteiger partial charge in [-0.3, -0.25) is 9.59 Å². The van der Waals surface area contributed by atoms with Gasteiger partial charge in [-0.1, -0.05) is 29.8 Å². The van der Waals surface area contributed by atoms with Gasteiger partial charge >= 0.3 is 6.18 Å². The molecule has 3 heterocycles. The number of hydrogen-bond donors (Lipinski definition) is 0. The van der Waals surface area contributed by atoms with Crippen molar-refractivity contribution in [2.24, 2.45) is 11.8 Å². The first-order valence-corrected chi connectivity index (χ1v) is 15.1. The van der Waals surface area contributed by atoms with Crippen LogP contribution in [-0.4, -0.2) is 70.7 Å². The zero-order chi connectivity index (χ0) is 33.0. The van der Waals surface area contributed by atoms with Gasteiger partial charge in [0.05, 0.1) is 12.0 Å². The Kier molecular flexibility index (Phi) is 10.1. The van der Waals surface area contributed by atoms with Crippen LogP contribution in [0.4, 0.5) is 27.8 Å². The van der Waals surface area contributed by atoms with Gasteiger partial charge in [-0.2, -0.15) is 18.4 Å². The molecule has 0 aliphatic carbocycles. The highest BCUT2D eigenvalue weighted by Gasteiger charge is 2.42. The van der Waals surface area contributed by atoms with Crippen LogP contribution in [0.15, 0.2) is 54.6 Å². The predicted molar refractivity (Wildman–Crippen MR) is 158 cm³/mol. The SMILES string of the molecule is N#Cc1ccc(N2CC(Cc3ccc(F)cc3F)[C@H](C(=O)N3CCC[C@@H](c4ccc(Cl)cc4)N(C(=O)CC(F)(F)F)CC3)C2)nn1. The molecule has 1 aromatic heterocycles. The lowest BCUT2D eigenvalue weighted by Gasteiger charge is -2.38. The first kappa shape index (κ1) is 33.1. The Hall–Kier alpha value is -4.31. The summed E-state index contributed by atoms with van der Waals surface area (Å²) in [5, 5.41) is 17.5. The van der Waals surface area contributed by atoms with Crippen LogP contribution >= 0.6 is 11.6 Å². The Morgan fingerprint density at radius 1 is 0.978 bits per heavy atom. The van der Waals surface area contributed by atoms with E-state index < -0.39 is 48.0 Å². The van der Waals surface area contributed by atoms with Crippen molar-refractivity contribution in [1.82, 2.24) is 20.0 Å². The Bertz CT molecular complexity index is 1600. The molecule has 2 amide bonds. The summed E-state index contributed by atoms with van der Waals surface area (Å²) in [5.74, 6) is -3.52. The number of anilines is 1. The van der Waals surface area contributed by atoms with Crippen molar-refractivity contribution in [1.29, 1.82) is 5.26 Å². The molecule has 0 spiro atoms. The molecule has 2 aliphatic rings. The van der Waals surface area contributed by atoms with Crippen LogP contribution < -0.4 is 4.90 Å². The van der Waals surface area contributed by atoms with Crippen molar-refractivity contribution < 1.29 is 31.5 Å². The highest BCUT2D eigenvalue weighted by molar-refractivity contribution is 6.30.